The van der Waals surface area contributed by atoms with Gasteiger partial charge in [-0.3, -0.25) is 37.0 Å². The summed E-state index contributed by atoms with van der Waals surface area (Å²) in [5, 5.41) is 22.4. The first-order valence-corrected chi connectivity index (χ1v) is 16.4. The zero-order valence-electron chi connectivity index (χ0n) is 23.4. The van der Waals surface area contributed by atoms with Gasteiger partial charge >= 0.3 is 15.6 Å². The number of nitrogens with two attached hydrogens (primary N) is 2. The molecule has 3 saturated heterocycles. The minimum atomic E-state index is -5.27. The highest BCUT2D eigenvalue weighted by atomic mass is 31.2. The average Bonchev–Trinajstić information content (AvgIpc) is 3.76. The number of anilines is 2. The first-order chi connectivity index (χ1) is 22.2. The zero-order chi connectivity index (χ0) is 33.5. The van der Waals surface area contributed by atoms with E-state index in [-0.39, 0.29) is 34.1 Å². The average molecular weight is 698 g/mol. The summed E-state index contributed by atoms with van der Waals surface area (Å²) in [6, 6.07) is 0. The van der Waals surface area contributed by atoms with Gasteiger partial charge in [-0.15, -0.1) is 6.42 Å². The van der Waals surface area contributed by atoms with Crippen LogP contribution in [0.1, 0.15) is 12.5 Å². The SMILES string of the molecule is C#C[C@@]12COP(=O)(O)OC3C(O)[C@@H](COP(=O)(O)OC1C(O)[C@H](n1cnc4c(N)ncnc41)O2)O[C@H]3n1cnc2c(=O)[nH]c(N)nc21. The van der Waals surface area contributed by atoms with Crippen molar-refractivity contribution in [1.82, 2.24) is 39.0 Å². The number of nitrogen functional groups attached to an aromatic ring is 2. The number of H-pyrrole nitrogens is 1. The van der Waals surface area contributed by atoms with Crippen LogP contribution in [0, 0.1) is 12.3 Å². The first-order valence-electron chi connectivity index (χ1n) is 13.4. The molecule has 250 valence electrons. The number of aromatic amines is 1. The van der Waals surface area contributed by atoms with Crippen LogP contribution in [-0.2, 0) is 36.7 Å². The highest BCUT2D eigenvalue weighted by Crippen LogP contribution is 2.55. The van der Waals surface area contributed by atoms with E-state index in [1.807, 2.05) is 0 Å². The van der Waals surface area contributed by atoms with E-state index in [0.717, 1.165) is 17.2 Å². The maximum absolute atomic E-state index is 13.4. The molecule has 47 heavy (non-hydrogen) atoms. The third-order valence-electron chi connectivity index (χ3n) is 7.68. The summed E-state index contributed by atoms with van der Waals surface area (Å²) in [5.41, 5.74) is 8.28. The van der Waals surface area contributed by atoms with E-state index in [2.05, 4.69) is 35.8 Å². The molecule has 3 fully saturated rings. The summed E-state index contributed by atoms with van der Waals surface area (Å²) in [6.45, 7) is -1.96. The minimum absolute atomic E-state index is 0.00579. The molecule has 9 N–H and O–H groups in total. The summed E-state index contributed by atoms with van der Waals surface area (Å²) < 4.78 is 61.6. The number of hydrogen-bond donors (Lipinski definition) is 7. The number of phosphoric acid groups is 2. The lowest BCUT2D eigenvalue weighted by Gasteiger charge is -2.31. The molecule has 3 aliphatic rings. The van der Waals surface area contributed by atoms with Gasteiger partial charge in [-0.25, -0.2) is 29.1 Å². The van der Waals surface area contributed by atoms with Gasteiger partial charge in [0.15, 0.2) is 40.7 Å². The van der Waals surface area contributed by atoms with E-state index in [4.69, 9.17) is 45.5 Å². The number of terminal acetylenes is 1. The lowest BCUT2D eigenvalue weighted by molar-refractivity contribution is -0.0961. The van der Waals surface area contributed by atoms with Gasteiger partial charge in [0.05, 0.1) is 19.3 Å². The maximum atomic E-state index is 13.4. The van der Waals surface area contributed by atoms with E-state index < -0.39 is 83.0 Å². The third-order valence-corrected chi connectivity index (χ3v) is 9.62. The normalized spacial score (nSPS) is 38.0. The molecule has 0 aliphatic carbocycles. The van der Waals surface area contributed by atoms with Crippen molar-refractivity contribution in [3.05, 3.63) is 29.3 Å². The number of imidazole rings is 2. The largest absolute Gasteiger partial charge is 0.472 e. The molecule has 7 rings (SSSR count). The molecule has 25 heteroatoms. The van der Waals surface area contributed by atoms with Crippen molar-refractivity contribution in [2.75, 3.05) is 24.7 Å². The molecule has 0 aromatic carbocycles. The van der Waals surface area contributed by atoms with Crippen molar-refractivity contribution >= 4 is 49.7 Å². The molecule has 2 bridgehead atoms. The predicted octanol–water partition coefficient (Wildman–Crippen LogP) is -2.34. The van der Waals surface area contributed by atoms with Crippen LogP contribution in [0.25, 0.3) is 22.3 Å². The number of ether oxygens (including phenoxy) is 2. The third kappa shape index (κ3) is 5.30. The topological polar surface area (TPSA) is 330 Å². The number of hydrogen-bond acceptors (Lipinski definition) is 18. The Morgan fingerprint density at radius 2 is 1.68 bits per heavy atom. The van der Waals surface area contributed by atoms with Crippen LogP contribution in [0.4, 0.5) is 11.8 Å². The predicted molar refractivity (Wildman–Crippen MR) is 151 cm³/mol. The fraction of sp³-hybridized carbons (Fsp3) is 0.455. The van der Waals surface area contributed by atoms with Gasteiger partial charge in [-0.05, 0) is 0 Å². The van der Waals surface area contributed by atoms with Crippen LogP contribution in [-0.4, -0.2) is 108 Å². The lowest BCUT2D eigenvalue weighted by Crippen LogP contribution is -2.47. The van der Waals surface area contributed by atoms with Crippen molar-refractivity contribution in [3.8, 4) is 12.3 Å². The molecule has 0 amide bonds. The molecule has 23 nitrogen and oxygen atoms in total. The van der Waals surface area contributed by atoms with Gasteiger partial charge in [0.25, 0.3) is 5.56 Å². The standard InChI is InChI=1S/C22H24N10O13P2/c1-2-22-4-41-47(38,39)44-13-11(33)8(42-20(13)32-7-28-10-17(32)29-21(24)30-18(10)35)3-40-46(36,37)45-14(22)12(34)19(43-22)31-6-27-9-15(23)25-5-26-16(9)31/h1,5-8,11-14,19-20,33-34H,3-4H2,(H,36,37)(H,38,39)(H2,23,25,26)(H3,24,29,30,35)/t8-,11?,12?,13?,14?,19-,20-,22-/m1/s1. The molecule has 10 atom stereocenters. The van der Waals surface area contributed by atoms with E-state index >= 15 is 0 Å². The Hall–Kier alpha value is -3.88. The summed E-state index contributed by atoms with van der Waals surface area (Å²) in [6.07, 6.45) is -2.90. The Kier molecular flexibility index (Phi) is 7.48. The number of phosphoric ester groups is 2. The summed E-state index contributed by atoms with van der Waals surface area (Å²) >= 11 is 0. The summed E-state index contributed by atoms with van der Waals surface area (Å²) in [5.74, 6) is 1.86. The molecule has 0 spiro atoms. The fourth-order valence-electron chi connectivity index (χ4n) is 5.50. The molecular weight excluding hydrogens is 674 g/mol. The van der Waals surface area contributed by atoms with Crippen LogP contribution in [0.5, 0.6) is 0 Å². The van der Waals surface area contributed by atoms with Crippen LogP contribution in [0.15, 0.2) is 23.8 Å². The van der Waals surface area contributed by atoms with Crippen LogP contribution < -0.4 is 17.0 Å². The molecule has 0 saturated carbocycles. The number of aliphatic hydroxyl groups is 2. The minimum Gasteiger partial charge on any atom is -0.387 e. The Morgan fingerprint density at radius 1 is 0.979 bits per heavy atom. The van der Waals surface area contributed by atoms with Gasteiger partial charge < -0.3 is 40.9 Å². The number of nitrogens with one attached hydrogen (secondary N) is 1. The lowest BCUT2D eigenvalue weighted by atomic mass is 9.97. The van der Waals surface area contributed by atoms with Gasteiger partial charge in [0, 0.05) is 0 Å². The number of aromatic nitrogens is 8. The van der Waals surface area contributed by atoms with Crippen molar-refractivity contribution in [3.63, 3.8) is 0 Å². The van der Waals surface area contributed by atoms with Gasteiger partial charge in [-0.1, -0.05) is 5.92 Å². The van der Waals surface area contributed by atoms with Gasteiger partial charge in [0.1, 0.15) is 49.0 Å². The molecule has 4 aromatic rings. The van der Waals surface area contributed by atoms with Crippen molar-refractivity contribution in [2.24, 2.45) is 0 Å². The second-order valence-corrected chi connectivity index (χ2v) is 13.4. The molecule has 3 aliphatic heterocycles. The van der Waals surface area contributed by atoms with E-state index in [9.17, 15) is 33.9 Å². The molecule has 0 radical (unpaired) electrons. The Bertz CT molecular complexity index is 2080. The molecule has 6 unspecified atom stereocenters. The highest BCUT2D eigenvalue weighted by molar-refractivity contribution is 7.47. The van der Waals surface area contributed by atoms with E-state index in [0.29, 0.717) is 0 Å². The van der Waals surface area contributed by atoms with Crippen molar-refractivity contribution in [1.29, 1.82) is 0 Å². The van der Waals surface area contributed by atoms with Crippen molar-refractivity contribution < 1.29 is 56.7 Å². The second-order valence-electron chi connectivity index (χ2n) is 10.5. The van der Waals surface area contributed by atoms with Crippen LogP contribution >= 0.6 is 15.6 Å². The zero-order valence-corrected chi connectivity index (χ0v) is 25.2. The molecular formula is C22H24N10O13P2. The van der Waals surface area contributed by atoms with Gasteiger partial charge in [0.2, 0.25) is 5.95 Å². The fourth-order valence-corrected chi connectivity index (χ4v) is 7.43. The Labute approximate surface area is 260 Å². The van der Waals surface area contributed by atoms with Crippen molar-refractivity contribution in [2.45, 2.75) is 48.6 Å². The number of fused-ring (bicyclic) bond motifs is 5. The molecule has 7 heterocycles. The monoisotopic (exact) mass is 698 g/mol. The number of rotatable bonds is 2. The van der Waals surface area contributed by atoms with Crippen LogP contribution in [0.2, 0.25) is 0 Å². The Balaban J connectivity index is 1.25. The quantitative estimate of drug-likeness (QED) is 0.0851. The summed E-state index contributed by atoms with van der Waals surface area (Å²) in [7, 11) is -10.5. The molecule has 4 aromatic heterocycles. The number of aliphatic hydroxyl groups excluding tert-OH is 2. The first kappa shape index (κ1) is 31.7. The second kappa shape index (κ2) is 11.1. The maximum Gasteiger partial charge on any atom is 0.472 e. The van der Waals surface area contributed by atoms with E-state index in [1.165, 1.54) is 10.9 Å². The highest BCUT2D eigenvalue weighted by Gasteiger charge is 2.60. The van der Waals surface area contributed by atoms with Crippen LogP contribution in [0.3, 0.4) is 0 Å². The Morgan fingerprint density at radius 3 is 2.43 bits per heavy atom. The van der Waals surface area contributed by atoms with E-state index in [1.54, 1.807) is 0 Å². The number of nitrogens with zero attached hydrogens (tertiary/aromatic N) is 7. The van der Waals surface area contributed by atoms with Gasteiger partial charge in [-0.2, -0.15) is 4.98 Å². The summed E-state index contributed by atoms with van der Waals surface area (Å²) in [4.78, 5) is 56.1. The smallest absolute Gasteiger partial charge is 0.387 e.